The molecule has 0 aromatic heterocycles. The maximum atomic E-state index is 12.7. The van der Waals surface area contributed by atoms with Gasteiger partial charge >= 0.3 is 5.97 Å². The lowest BCUT2D eigenvalue weighted by Gasteiger charge is -2.33. The van der Waals surface area contributed by atoms with Crippen LogP contribution < -0.4 is 10.2 Å². The van der Waals surface area contributed by atoms with Gasteiger partial charge in [-0.15, -0.1) is 0 Å². The van der Waals surface area contributed by atoms with Crippen LogP contribution in [0.2, 0.25) is 0 Å². The first-order valence-electron chi connectivity index (χ1n) is 9.30. The number of carbonyl (C=O) groups is 2. The van der Waals surface area contributed by atoms with Crippen molar-refractivity contribution in [3.63, 3.8) is 0 Å². The van der Waals surface area contributed by atoms with E-state index in [2.05, 4.69) is 41.4 Å². The average Bonchev–Trinajstić information content (AvgIpc) is 2.69. The maximum Gasteiger partial charge on any atom is 0.338 e. The second-order valence-electron chi connectivity index (χ2n) is 7.06. The minimum absolute atomic E-state index is 0.0173. The van der Waals surface area contributed by atoms with E-state index in [0.29, 0.717) is 11.3 Å². The molecule has 2 aromatic carbocycles. The highest BCUT2D eigenvalue weighted by Gasteiger charge is 2.26. The third-order valence-electron chi connectivity index (χ3n) is 5.26. The topological polar surface area (TPSA) is 58.6 Å². The van der Waals surface area contributed by atoms with Gasteiger partial charge in [0, 0.05) is 30.4 Å². The van der Waals surface area contributed by atoms with Gasteiger partial charge in [-0.3, -0.25) is 4.79 Å². The molecule has 1 aliphatic rings. The number of hydrogen-bond acceptors (Lipinski definition) is 4. The minimum atomic E-state index is -0.394. The molecule has 0 bridgehead atoms. The molecule has 1 fully saturated rings. The molecule has 5 nitrogen and oxygen atoms in total. The lowest BCUT2D eigenvalue weighted by Crippen LogP contribution is -2.38. The number of benzene rings is 2. The van der Waals surface area contributed by atoms with E-state index < -0.39 is 5.97 Å². The lowest BCUT2D eigenvalue weighted by molar-refractivity contribution is -0.120. The van der Waals surface area contributed by atoms with Crippen LogP contribution in [0.25, 0.3) is 0 Å². The van der Waals surface area contributed by atoms with Crippen LogP contribution in [0.5, 0.6) is 0 Å². The van der Waals surface area contributed by atoms with Crippen LogP contribution in [-0.4, -0.2) is 32.1 Å². The van der Waals surface area contributed by atoms with Crippen molar-refractivity contribution < 1.29 is 14.3 Å². The normalized spacial score (nSPS) is 14.7. The molecule has 1 heterocycles. The van der Waals surface area contributed by atoms with Gasteiger partial charge in [0.1, 0.15) is 0 Å². The van der Waals surface area contributed by atoms with Gasteiger partial charge in [-0.2, -0.15) is 0 Å². The van der Waals surface area contributed by atoms with Crippen LogP contribution in [0, 0.1) is 19.8 Å². The molecule has 3 rings (SSSR count). The van der Waals surface area contributed by atoms with Crippen LogP contribution in [0.15, 0.2) is 42.5 Å². The Hall–Kier alpha value is -2.82. The fraction of sp³-hybridized carbons (Fsp3) is 0.364. The lowest BCUT2D eigenvalue weighted by atomic mass is 9.95. The van der Waals surface area contributed by atoms with E-state index in [0.717, 1.165) is 31.5 Å². The van der Waals surface area contributed by atoms with Gasteiger partial charge in [0.25, 0.3) is 0 Å². The largest absolute Gasteiger partial charge is 0.465 e. The van der Waals surface area contributed by atoms with E-state index in [-0.39, 0.29) is 11.8 Å². The van der Waals surface area contributed by atoms with Crippen molar-refractivity contribution in [2.75, 3.05) is 30.4 Å². The number of carbonyl (C=O) groups excluding carboxylic acids is 2. The minimum Gasteiger partial charge on any atom is -0.465 e. The van der Waals surface area contributed by atoms with Gasteiger partial charge in [0.2, 0.25) is 5.91 Å². The first-order valence-corrected chi connectivity index (χ1v) is 9.30. The Morgan fingerprint density at radius 2 is 1.70 bits per heavy atom. The molecule has 142 valence electrons. The molecular weight excluding hydrogens is 340 g/mol. The van der Waals surface area contributed by atoms with Crippen molar-refractivity contribution in [1.82, 2.24) is 0 Å². The van der Waals surface area contributed by atoms with Crippen molar-refractivity contribution in [3.05, 3.63) is 59.2 Å². The Morgan fingerprint density at radius 3 is 2.33 bits per heavy atom. The molecule has 0 atom stereocenters. The van der Waals surface area contributed by atoms with Crippen LogP contribution in [0.1, 0.15) is 34.3 Å². The molecule has 0 unspecified atom stereocenters. The number of nitrogens with one attached hydrogen (secondary N) is 1. The summed E-state index contributed by atoms with van der Waals surface area (Å²) < 4.78 is 4.80. The van der Waals surface area contributed by atoms with Gasteiger partial charge in [-0.05, 0) is 56.5 Å². The van der Waals surface area contributed by atoms with Crippen molar-refractivity contribution in [1.29, 1.82) is 0 Å². The Labute approximate surface area is 160 Å². The Balaban J connectivity index is 1.62. The number of amides is 1. The molecule has 0 saturated carbocycles. The van der Waals surface area contributed by atoms with E-state index in [1.54, 1.807) is 12.1 Å². The Bertz CT molecular complexity index is 822. The molecule has 5 heteroatoms. The zero-order valence-electron chi connectivity index (χ0n) is 16.1. The van der Waals surface area contributed by atoms with Gasteiger partial charge in [-0.25, -0.2) is 4.79 Å². The standard InChI is InChI=1S/C22H26N2O3/c1-15-7-9-18(10-8-15)24-13-11-17(12-14-24)21(25)23-20-6-4-5-19(16(20)2)22(26)27-3/h4-10,17H,11-14H2,1-3H3,(H,23,25). The molecule has 1 N–H and O–H groups in total. The average molecular weight is 366 g/mol. The molecule has 0 aliphatic carbocycles. The molecule has 2 aromatic rings. The zero-order chi connectivity index (χ0) is 19.4. The summed E-state index contributed by atoms with van der Waals surface area (Å²) >= 11 is 0. The number of ether oxygens (including phenoxy) is 1. The third kappa shape index (κ3) is 4.30. The number of esters is 1. The second-order valence-corrected chi connectivity index (χ2v) is 7.06. The summed E-state index contributed by atoms with van der Waals surface area (Å²) in [7, 11) is 1.36. The number of hydrogen-bond donors (Lipinski definition) is 1. The molecule has 1 saturated heterocycles. The summed E-state index contributed by atoms with van der Waals surface area (Å²) in [6.07, 6.45) is 1.63. The van der Waals surface area contributed by atoms with Crippen LogP contribution in [0.4, 0.5) is 11.4 Å². The van der Waals surface area contributed by atoms with Gasteiger partial charge in [0.15, 0.2) is 0 Å². The van der Waals surface area contributed by atoms with Crippen LogP contribution >= 0.6 is 0 Å². The van der Waals surface area contributed by atoms with E-state index >= 15 is 0 Å². The summed E-state index contributed by atoms with van der Waals surface area (Å²) in [5.41, 5.74) is 4.33. The number of aryl methyl sites for hydroxylation is 1. The summed E-state index contributed by atoms with van der Waals surface area (Å²) in [5, 5.41) is 3.00. The van der Waals surface area contributed by atoms with Gasteiger partial charge in [-0.1, -0.05) is 23.8 Å². The quantitative estimate of drug-likeness (QED) is 0.833. The third-order valence-corrected chi connectivity index (χ3v) is 5.26. The molecule has 1 aliphatic heterocycles. The van der Waals surface area contributed by atoms with Crippen molar-refractivity contribution in [2.24, 2.45) is 5.92 Å². The first-order chi connectivity index (χ1) is 13.0. The zero-order valence-corrected chi connectivity index (χ0v) is 16.1. The number of nitrogens with zero attached hydrogens (tertiary/aromatic N) is 1. The molecule has 0 spiro atoms. The second kappa shape index (κ2) is 8.25. The SMILES string of the molecule is COC(=O)c1cccc(NC(=O)C2CCN(c3ccc(C)cc3)CC2)c1C. The molecule has 1 amide bonds. The number of methoxy groups -OCH3 is 1. The first kappa shape index (κ1) is 19.0. The number of piperidine rings is 1. The van der Waals surface area contributed by atoms with Crippen LogP contribution in [0.3, 0.4) is 0 Å². The summed E-state index contributed by atoms with van der Waals surface area (Å²) in [6, 6.07) is 13.8. The van der Waals surface area contributed by atoms with Gasteiger partial charge < -0.3 is 15.0 Å². The van der Waals surface area contributed by atoms with Crippen molar-refractivity contribution in [2.45, 2.75) is 26.7 Å². The Kier molecular flexibility index (Phi) is 5.79. The van der Waals surface area contributed by atoms with E-state index in [9.17, 15) is 9.59 Å². The smallest absolute Gasteiger partial charge is 0.338 e. The fourth-order valence-corrected chi connectivity index (χ4v) is 3.49. The fourth-order valence-electron chi connectivity index (χ4n) is 3.49. The highest BCUT2D eigenvalue weighted by molar-refractivity contribution is 5.97. The number of anilines is 2. The monoisotopic (exact) mass is 366 g/mol. The Morgan fingerprint density at radius 1 is 1.04 bits per heavy atom. The predicted octanol–water partition coefficient (Wildman–Crippen LogP) is 3.95. The van der Waals surface area contributed by atoms with Gasteiger partial charge in [0.05, 0.1) is 12.7 Å². The highest BCUT2D eigenvalue weighted by atomic mass is 16.5. The maximum absolute atomic E-state index is 12.7. The van der Waals surface area contributed by atoms with E-state index in [1.807, 2.05) is 13.0 Å². The van der Waals surface area contributed by atoms with Crippen molar-refractivity contribution in [3.8, 4) is 0 Å². The molecular formula is C22H26N2O3. The summed E-state index contributed by atoms with van der Waals surface area (Å²) in [4.78, 5) is 26.9. The number of rotatable bonds is 4. The summed E-state index contributed by atoms with van der Waals surface area (Å²) in [5.74, 6) is -0.397. The summed E-state index contributed by atoms with van der Waals surface area (Å²) in [6.45, 7) is 5.63. The van der Waals surface area contributed by atoms with E-state index in [1.165, 1.54) is 18.4 Å². The van der Waals surface area contributed by atoms with Crippen LogP contribution in [-0.2, 0) is 9.53 Å². The van der Waals surface area contributed by atoms with Crippen molar-refractivity contribution >= 4 is 23.3 Å². The van der Waals surface area contributed by atoms with E-state index in [4.69, 9.17) is 4.74 Å². The highest BCUT2D eigenvalue weighted by Crippen LogP contribution is 2.26. The predicted molar refractivity (Wildman–Crippen MR) is 107 cm³/mol. The molecule has 0 radical (unpaired) electrons. The molecule has 27 heavy (non-hydrogen) atoms.